The number of para-hydroxylation sites is 1. The number of amides is 1. The van der Waals surface area contributed by atoms with Crippen LogP contribution >= 0.6 is 0 Å². The molecule has 0 fully saturated rings. The van der Waals surface area contributed by atoms with Crippen LogP contribution in [0, 0.1) is 0 Å². The predicted molar refractivity (Wildman–Crippen MR) is 128 cm³/mol. The van der Waals surface area contributed by atoms with Crippen molar-refractivity contribution in [2.75, 3.05) is 5.32 Å². The Balaban J connectivity index is 1.56. The van der Waals surface area contributed by atoms with Crippen LogP contribution < -0.4 is 5.32 Å². The highest BCUT2D eigenvalue weighted by atomic mass is 16.4. The minimum absolute atomic E-state index is 0.137. The maximum absolute atomic E-state index is 13.0. The Kier molecular flexibility index (Phi) is 6.17. The molecule has 32 heavy (non-hydrogen) atoms. The Morgan fingerprint density at radius 2 is 1.25 bits per heavy atom. The molecule has 162 valence electrons. The molecule has 0 bridgehead atoms. The highest BCUT2D eigenvalue weighted by Gasteiger charge is 2.17. The fourth-order valence-electron chi connectivity index (χ4n) is 3.68. The third kappa shape index (κ3) is 4.47. The summed E-state index contributed by atoms with van der Waals surface area (Å²) < 4.78 is 5.81. The topological polar surface area (TPSA) is 68.0 Å². The molecule has 0 spiro atoms. The molecule has 0 aliphatic carbocycles. The second-order valence-corrected chi connectivity index (χ2v) is 8.43. The highest BCUT2D eigenvalue weighted by Crippen LogP contribution is 2.33. The molecule has 0 aliphatic rings. The van der Waals surface area contributed by atoms with Crippen molar-refractivity contribution in [3.05, 3.63) is 89.5 Å². The summed E-state index contributed by atoms with van der Waals surface area (Å²) in [5.74, 6) is 1.37. The molecule has 0 radical (unpaired) electrons. The summed E-state index contributed by atoms with van der Waals surface area (Å²) in [6.45, 7) is 8.55. The summed E-state index contributed by atoms with van der Waals surface area (Å²) in [5.41, 5.74) is 5.40. The number of rotatable bonds is 6. The van der Waals surface area contributed by atoms with E-state index in [0.717, 1.165) is 27.9 Å². The molecule has 1 amide bonds. The molecule has 0 aliphatic heterocycles. The van der Waals surface area contributed by atoms with Gasteiger partial charge in [0.05, 0.1) is 0 Å². The number of hydrogen-bond donors (Lipinski definition) is 1. The summed E-state index contributed by atoms with van der Waals surface area (Å²) in [6, 6.07) is 23.1. The zero-order chi connectivity index (χ0) is 22.7. The number of nitrogens with one attached hydrogen (secondary N) is 1. The Labute approximate surface area is 188 Å². The van der Waals surface area contributed by atoms with E-state index in [4.69, 9.17) is 4.42 Å². The first kappa shape index (κ1) is 21.5. The van der Waals surface area contributed by atoms with Crippen LogP contribution in [0.1, 0.15) is 61.0 Å². The van der Waals surface area contributed by atoms with E-state index >= 15 is 0 Å². The number of anilines is 1. The predicted octanol–water partition coefficient (Wildman–Crippen LogP) is 6.90. The van der Waals surface area contributed by atoms with E-state index in [1.807, 2.05) is 42.5 Å². The first-order valence-corrected chi connectivity index (χ1v) is 10.9. The zero-order valence-electron chi connectivity index (χ0n) is 18.8. The standard InChI is InChI=1S/C27H27N3O2/c1-17(2)22-11-8-12-23(18(3)4)24(22)28-25(31)19-13-15-21(16-14-19)27-30-29-26(32-27)20-9-6-5-7-10-20/h5-18H,1-4H3,(H,28,31). The Bertz CT molecular complexity index is 1180. The fraction of sp³-hybridized carbons (Fsp3) is 0.222. The maximum atomic E-state index is 13.0. The molecule has 4 aromatic rings. The zero-order valence-corrected chi connectivity index (χ0v) is 18.8. The van der Waals surface area contributed by atoms with E-state index < -0.39 is 0 Å². The van der Waals surface area contributed by atoms with Gasteiger partial charge in [-0.3, -0.25) is 4.79 Å². The first-order chi connectivity index (χ1) is 15.4. The molecule has 0 saturated carbocycles. The molecule has 0 saturated heterocycles. The second kappa shape index (κ2) is 9.18. The molecule has 1 heterocycles. The van der Waals surface area contributed by atoms with Crippen LogP contribution in [0.4, 0.5) is 5.69 Å². The molecule has 0 unspecified atom stereocenters. The van der Waals surface area contributed by atoms with E-state index in [1.54, 1.807) is 12.1 Å². The number of hydrogen-bond acceptors (Lipinski definition) is 4. The van der Waals surface area contributed by atoms with Crippen LogP contribution in [-0.4, -0.2) is 16.1 Å². The van der Waals surface area contributed by atoms with Crippen molar-refractivity contribution in [1.82, 2.24) is 10.2 Å². The maximum Gasteiger partial charge on any atom is 0.255 e. The lowest BCUT2D eigenvalue weighted by molar-refractivity contribution is 0.102. The normalized spacial score (nSPS) is 11.2. The quantitative estimate of drug-likeness (QED) is 0.365. The van der Waals surface area contributed by atoms with Crippen LogP contribution in [0.5, 0.6) is 0 Å². The first-order valence-electron chi connectivity index (χ1n) is 10.9. The molecule has 1 N–H and O–H groups in total. The molecular weight excluding hydrogens is 398 g/mol. The monoisotopic (exact) mass is 425 g/mol. The molecule has 4 rings (SSSR count). The fourth-order valence-corrected chi connectivity index (χ4v) is 3.68. The molecule has 1 aromatic heterocycles. The lowest BCUT2D eigenvalue weighted by Crippen LogP contribution is -2.15. The van der Waals surface area contributed by atoms with Crippen LogP contribution in [0.25, 0.3) is 22.9 Å². The second-order valence-electron chi connectivity index (χ2n) is 8.43. The van der Waals surface area contributed by atoms with Gasteiger partial charge in [0.1, 0.15) is 0 Å². The smallest absolute Gasteiger partial charge is 0.255 e. The third-order valence-electron chi connectivity index (χ3n) is 5.45. The van der Waals surface area contributed by atoms with Crippen molar-refractivity contribution >= 4 is 11.6 Å². The van der Waals surface area contributed by atoms with Crippen molar-refractivity contribution < 1.29 is 9.21 Å². The average molecular weight is 426 g/mol. The average Bonchev–Trinajstić information content (AvgIpc) is 3.30. The van der Waals surface area contributed by atoms with Gasteiger partial charge in [-0.25, -0.2) is 0 Å². The number of aromatic nitrogens is 2. The SMILES string of the molecule is CC(C)c1cccc(C(C)C)c1NC(=O)c1ccc(-c2nnc(-c3ccccc3)o2)cc1. The van der Waals surface area contributed by atoms with Gasteiger partial charge in [-0.15, -0.1) is 10.2 Å². The molecule has 3 aromatic carbocycles. The van der Waals surface area contributed by atoms with E-state index in [2.05, 4.69) is 61.4 Å². The van der Waals surface area contributed by atoms with Gasteiger partial charge < -0.3 is 9.73 Å². The molecule has 5 nitrogen and oxygen atoms in total. The largest absolute Gasteiger partial charge is 0.416 e. The Morgan fingerprint density at radius 3 is 1.78 bits per heavy atom. The molecule has 0 atom stereocenters. The number of benzene rings is 3. The van der Waals surface area contributed by atoms with Gasteiger partial charge in [0.25, 0.3) is 5.91 Å². The minimum atomic E-state index is -0.137. The summed E-state index contributed by atoms with van der Waals surface area (Å²) in [4.78, 5) is 13.0. The van der Waals surface area contributed by atoms with E-state index in [9.17, 15) is 4.79 Å². The summed E-state index contributed by atoms with van der Waals surface area (Å²) in [5, 5.41) is 11.4. The van der Waals surface area contributed by atoms with Crippen LogP contribution in [0.15, 0.2) is 77.2 Å². The van der Waals surface area contributed by atoms with Gasteiger partial charge in [-0.1, -0.05) is 64.1 Å². The van der Waals surface area contributed by atoms with E-state index in [0.29, 0.717) is 29.2 Å². The number of carbonyl (C=O) groups is 1. The van der Waals surface area contributed by atoms with Crippen LogP contribution in [0.3, 0.4) is 0 Å². The van der Waals surface area contributed by atoms with Crippen molar-refractivity contribution in [1.29, 1.82) is 0 Å². The summed E-state index contributed by atoms with van der Waals surface area (Å²) in [7, 11) is 0. The van der Waals surface area contributed by atoms with Crippen molar-refractivity contribution in [2.24, 2.45) is 0 Å². The van der Waals surface area contributed by atoms with Crippen molar-refractivity contribution in [2.45, 2.75) is 39.5 Å². The van der Waals surface area contributed by atoms with Gasteiger partial charge in [-0.05, 0) is 59.4 Å². The summed E-state index contributed by atoms with van der Waals surface area (Å²) >= 11 is 0. The van der Waals surface area contributed by atoms with Crippen molar-refractivity contribution in [3.63, 3.8) is 0 Å². The Morgan fingerprint density at radius 1 is 0.719 bits per heavy atom. The van der Waals surface area contributed by atoms with Gasteiger partial charge in [0, 0.05) is 22.4 Å². The Hall–Kier alpha value is -3.73. The van der Waals surface area contributed by atoms with Gasteiger partial charge in [0.2, 0.25) is 11.8 Å². The number of nitrogens with zero attached hydrogens (tertiary/aromatic N) is 2. The van der Waals surface area contributed by atoms with E-state index in [-0.39, 0.29) is 5.91 Å². The van der Waals surface area contributed by atoms with E-state index in [1.165, 1.54) is 0 Å². The highest BCUT2D eigenvalue weighted by molar-refractivity contribution is 6.05. The van der Waals surface area contributed by atoms with Crippen molar-refractivity contribution in [3.8, 4) is 22.9 Å². The molecule has 5 heteroatoms. The molecular formula is C27H27N3O2. The van der Waals surface area contributed by atoms with Gasteiger partial charge >= 0.3 is 0 Å². The minimum Gasteiger partial charge on any atom is -0.416 e. The lowest BCUT2D eigenvalue weighted by atomic mass is 9.92. The van der Waals surface area contributed by atoms with Gasteiger partial charge in [0.15, 0.2) is 0 Å². The van der Waals surface area contributed by atoms with Crippen LogP contribution in [-0.2, 0) is 0 Å². The third-order valence-corrected chi connectivity index (χ3v) is 5.45. The lowest BCUT2D eigenvalue weighted by Gasteiger charge is -2.20. The van der Waals surface area contributed by atoms with Crippen LogP contribution in [0.2, 0.25) is 0 Å². The number of carbonyl (C=O) groups excluding carboxylic acids is 1. The summed E-state index contributed by atoms with van der Waals surface area (Å²) in [6.07, 6.45) is 0. The van der Waals surface area contributed by atoms with Gasteiger partial charge in [-0.2, -0.15) is 0 Å².